The summed E-state index contributed by atoms with van der Waals surface area (Å²) >= 11 is 5.78. The Labute approximate surface area is 130 Å². The molecule has 0 heterocycles. The number of halogens is 1. The average Bonchev–Trinajstić information content (AvgIpc) is 2.47. The molecule has 0 saturated carbocycles. The number of nitro groups is 1. The molecule has 2 aromatic carbocycles. The van der Waals surface area contributed by atoms with Gasteiger partial charge in [-0.3, -0.25) is 14.9 Å². The number of sulfonamides is 1. The standard InChI is InChI=1S/C13H9ClN2O5S/c14-12-8-9(16(18)19)6-7-11(12)13(17)15-22(20,21)10-4-2-1-3-5-10/h1-8H,(H,15,17). The van der Waals surface area contributed by atoms with Crippen molar-refractivity contribution in [1.29, 1.82) is 0 Å². The number of carbonyl (C=O) groups excluding carboxylic acids is 1. The summed E-state index contributed by atoms with van der Waals surface area (Å²) in [6.07, 6.45) is 0. The minimum Gasteiger partial charge on any atom is -0.268 e. The van der Waals surface area contributed by atoms with Crippen molar-refractivity contribution >= 4 is 33.2 Å². The van der Waals surface area contributed by atoms with E-state index in [1.165, 1.54) is 24.3 Å². The third-order valence-corrected chi connectivity index (χ3v) is 4.35. The summed E-state index contributed by atoms with van der Waals surface area (Å²) in [5.74, 6) is -0.969. The van der Waals surface area contributed by atoms with Crippen LogP contribution >= 0.6 is 11.6 Å². The SMILES string of the molecule is O=C(NS(=O)(=O)c1ccccc1)c1ccc([N+](=O)[O-])cc1Cl. The first kappa shape index (κ1) is 15.9. The lowest BCUT2D eigenvalue weighted by Gasteiger charge is -2.07. The number of carbonyl (C=O) groups is 1. The van der Waals surface area contributed by atoms with E-state index in [1.807, 2.05) is 4.72 Å². The second-order valence-electron chi connectivity index (χ2n) is 4.17. The Balaban J connectivity index is 2.28. The molecule has 114 valence electrons. The predicted molar refractivity (Wildman–Crippen MR) is 79.2 cm³/mol. The molecule has 0 atom stereocenters. The summed E-state index contributed by atoms with van der Waals surface area (Å²) < 4.78 is 25.9. The number of nitrogens with zero attached hydrogens (tertiary/aromatic N) is 1. The molecule has 0 unspecified atom stereocenters. The Morgan fingerprint density at radius 3 is 2.32 bits per heavy atom. The van der Waals surface area contributed by atoms with Gasteiger partial charge in [0.25, 0.3) is 21.6 Å². The van der Waals surface area contributed by atoms with Crippen LogP contribution in [0.15, 0.2) is 53.4 Å². The van der Waals surface area contributed by atoms with Gasteiger partial charge in [0.2, 0.25) is 0 Å². The van der Waals surface area contributed by atoms with Gasteiger partial charge in [0.15, 0.2) is 0 Å². The van der Waals surface area contributed by atoms with Crippen LogP contribution in [0.5, 0.6) is 0 Å². The topological polar surface area (TPSA) is 106 Å². The molecule has 1 amide bonds. The van der Waals surface area contributed by atoms with Crippen LogP contribution in [0, 0.1) is 10.1 Å². The maximum atomic E-state index is 12.0. The van der Waals surface area contributed by atoms with Gasteiger partial charge in [0.1, 0.15) is 0 Å². The highest BCUT2D eigenvalue weighted by atomic mass is 35.5. The molecule has 0 aliphatic carbocycles. The molecule has 2 rings (SSSR count). The van der Waals surface area contributed by atoms with Gasteiger partial charge in [0.05, 0.1) is 20.4 Å². The highest BCUT2D eigenvalue weighted by Crippen LogP contribution is 2.22. The molecule has 0 aliphatic rings. The zero-order valence-corrected chi connectivity index (χ0v) is 12.5. The molecule has 0 spiro atoms. The van der Waals surface area contributed by atoms with E-state index in [-0.39, 0.29) is 21.2 Å². The Morgan fingerprint density at radius 2 is 1.77 bits per heavy atom. The van der Waals surface area contributed by atoms with Crippen molar-refractivity contribution in [1.82, 2.24) is 4.72 Å². The lowest BCUT2D eigenvalue weighted by Crippen LogP contribution is -2.30. The summed E-state index contributed by atoms with van der Waals surface area (Å²) in [4.78, 5) is 21.8. The molecular weight excluding hydrogens is 332 g/mol. The molecular formula is C13H9ClN2O5S. The number of hydrogen-bond acceptors (Lipinski definition) is 5. The molecule has 2 aromatic rings. The molecule has 0 bridgehead atoms. The molecule has 0 aliphatic heterocycles. The van der Waals surface area contributed by atoms with Crippen molar-refractivity contribution in [3.8, 4) is 0 Å². The van der Waals surface area contributed by atoms with Gasteiger partial charge in [-0.1, -0.05) is 29.8 Å². The van der Waals surface area contributed by atoms with Crippen molar-refractivity contribution in [2.24, 2.45) is 0 Å². The largest absolute Gasteiger partial charge is 0.270 e. The second-order valence-corrected chi connectivity index (χ2v) is 6.26. The summed E-state index contributed by atoms with van der Waals surface area (Å²) in [6, 6.07) is 10.4. The van der Waals surface area contributed by atoms with Crippen molar-refractivity contribution in [3.05, 3.63) is 69.2 Å². The van der Waals surface area contributed by atoms with Crippen LogP contribution < -0.4 is 4.72 Å². The van der Waals surface area contributed by atoms with E-state index in [1.54, 1.807) is 6.07 Å². The minimum atomic E-state index is -4.04. The molecule has 7 nitrogen and oxygen atoms in total. The van der Waals surface area contributed by atoms with Crippen LogP contribution in [0.25, 0.3) is 0 Å². The molecule has 9 heteroatoms. The Bertz CT molecular complexity index is 837. The van der Waals surface area contributed by atoms with E-state index < -0.39 is 20.9 Å². The average molecular weight is 341 g/mol. The Hall–Kier alpha value is -2.45. The molecule has 0 radical (unpaired) electrons. The maximum absolute atomic E-state index is 12.0. The molecule has 22 heavy (non-hydrogen) atoms. The third-order valence-electron chi connectivity index (χ3n) is 2.69. The maximum Gasteiger partial charge on any atom is 0.270 e. The number of nitrogens with one attached hydrogen (secondary N) is 1. The highest BCUT2D eigenvalue weighted by molar-refractivity contribution is 7.90. The van der Waals surface area contributed by atoms with E-state index in [4.69, 9.17) is 11.6 Å². The second kappa shape index (κ2) is 6.12. The van der Waals surface area contributed by atoms with Crippen molar-refractivity contribution < 1.29 is 18.1 Å². The van der Waals surface area contributed by atoms with E-state index in [0.717, 1.165) is 18.2 Å². The van der Waals surface area contributed by atoms with Crippen LogP contribution in [0.1, 0.15) is 10.4 Å². The Kier molecular flexibility index (Phi) is 4.43. The van der Waals surface area contributed by atoms with Crippen molar-refractivity contribution in [2.45, 2.75) is 4.90 Å². The van der Waals surface area contributed by atoms with E-state index in [9.17, 15) is 23.3 Å². The van der Waals surface area contributed by atoms with Gasteiger partial charge in [-0.2, -0.15) is 0 Å². The summed E-state index contributed by atoms with van der Waals surface area (Å²) in [6.45, 7) is 0. The van der Waals surface area contributed by atoms with Crippen LogP contribution in [0.2, 0.25) is 5.02 Å². The van der Waals surface area contributed by atoms with Gasteiger partial charge >= 0.3 is 0 Å². The highest BCUT2D eigenvalue weighted by Gasteiger charge is 2.21. The monoisotopic (exact) mass is 340 g/mol. The molecule has 0 aromatic heterocycles. The molecule has 0 saturated heterocycles. The number of rotatable bonds is 4. The fourth-order valence-corrected chi connectivity index (χ4v) is 2.89. The summed E-state index contributed by atoms with van der Waals surface area (Å²) in [5.41, 5.74) is -0.473. The fraction of sp³-hybridized carbons (Fsp3) is 0. The predicted octanol–water partition coefficient (Wildman–Crippen LogP) is 2.37. The van der Waals surface area contributed by atoms with Gasteiger partial charge in [-0.15, -0.1) is 0 Å². The van der Waals surface area contributed by atoms with Crippen LogP contribution in [0.4, 0.5) is 5.69 Å². The zero-order valence-electron chi connectivity index (χ0n) is 10.9. The van der Waals surface area contributed by atoms with Gasteiger partial charge < -0.3 is 0 Å². The number of non-ortho nitro benzene ring substituents is 1. The smallest absolute Gasteiger partial charge is 0.268 e. The lowest BCUT2D eigenvalue weighted by molar-refractivity contribution is -0.384. The number of amides is 1. The van der Waals surface area contributed by atoms with Gasteiger partial charge in [-0.05, 0) is 18.2 Å². The van der Waals surface area contributed by atoms with Crippen LogP contribution in [-0.4, -0.2) is 19.2 Å². The Morgan fingerprint density at radius 1 is 1.14 bits per heavy atom. The lowest BCUT2D eigenvalue weighted by atomic mass is 10.2. The first-order valence-corrected chi connectivity index (χ1v) is 7.73. The number of nitro benzene ring substituents is 1. The van der Waals surface area contributed by atoms with Gasteiger partial charge in [-0.25, -0.2) is 13.1 Å². The van der Waals surface area contributed by atoms with Gasteiger partial charge in [0, 0.05) is 12.1 Å². The first-order chi connectivity index (χ1) is 10.3. The van der Waals surface area contributed by atoms with Crippen LogP contribution in [0.3, 0.4) is 0 Å². The quantitative estimate of drug-likeness (QED) is 0.679. The fourth-order valence-electron chi connectivity index (χ4n) is 1.64. The number of benzene rings is 2. The summed E-state index contributed by atoms with van der Waals surface area (Å²) in [5, 5.41) is 10.4. The van der Waals surface area contributed by atoms with E-state index in [2.05, 4.69) is 0 Å². The first-order valence-electron chi connectivity index (χ1n) is 5.87. The normalized spacial score (nSPS) is 11.0. The van der Waals surface area contributed by atoms with E-state index in [0.29, 0.717) is 0 Å². The molecule has 0 fully saturated rings. The molecule has 1 N–H and O–H groups in total. The third kappa shape index (κ3) is 3.41. The zero-order chi connectivity index (χ0) is 16.3. The van der Waals surface area contributed by atoms with E-state index >= 15 is 0 Å². The van der Waals surface area contributed by atoms with Crippen LogP contribution in [-0.2, 0) is 10.0 Å². The number of hydrogen-bond donors (Lipinski definition) is 1. The summed E-state index contributed by atoms with van der Waals surface area (Å²) in [7, 11) is -4.04. The minimum absolute atomic E-state index is 0.0821. The van der Waals surface area contributed by atoms with Crippen molar-refractivity contribution in [3.63, 3.8) is 0 Å². The van der Waals surface area contributed by atoms with Crippen molar-refractivity contribution in [2.75, 3.05) is 0 Å².